The van der Waals surface area contributed by atoms with Gasteiger partial charge in [0, 0.05) is 10.3 Å². The molecule has 0 amide bonds. The van der Waals surface area contributed by atoms with Crippen LogP contribution in [0.1, 0.15) is 27.7 Å². The molecular formula is C12H18S. The molecule has 0 spiro atoms. The summed E-state index contributed by atoms with van der Waals surface area (Å²) in [6.07, 6.45) is 9.03. The Kier molecular flexibility index (Phi) is 3.43. The van der Waals surface area contributed by atoms with Crippen molar-refractivity contribution in [3.63, 3.8) is 0 Å². The highest BCUT2D eigenvalue weighted by Crippen LogP contribution is 2.30. The second kappa shape index (κ2) is 4.19. The number of hydrogen-bond donors (Lipinski definition) is 0. The summed E-state index contributed by atoms with van der Waals surface area (Å²) < 4.78 is 0. The maximum Gasteiger partial charge on any atom is 0.00981 e. The Morgan fingerprint density at radius 1 is 1.23 bits per heavy atom. The molecule has 1 heteroatoms. The van der Waals surface area contributed by atoms with Gasteiger partial charge in [-0.15, -0.1) is 11.8 Å². The fourth-order valence-electron chi connectivity index (χ4n) is 1.22. The van der Waals surface area contributed by atoms with Crippen LogP contribution in [0, 0.1) is 5.41 Å². The molecule has 1 aliphatic rings. The molecule has 0 radical (unpaired) electrons. The first-order valence-corrected chi connectivity index (χ1v) is 5.76. The SMILES string of the molecule is CCSC1=C(C)C=CC(C)(C)C=C1. The Morgan fingerprint density at radius 2 is 1.85 bits per heavy atom. The Hall–Kier alpha value is -0.430. The Labute approximate surface area is 85.8 Å². The molecule has 1 rings (SSSR count). The lowest BCUT2D eigenvalue weighted by Gasteiger charge is -2.12. The molecule has 1 aliphatic carbocycles. The van der Waals surface area contributed by atoms with E-state index in [0.717, 1.165) is 5.75 Å². The fourth-order valence-corrected chi connectivity index (χ4v) is 1.99. The second-order valence-electron chi connectivity index (χ2n) is 3.97. The van der Waals surface area contributed by atoms with E-state index in [0.29, 0.717) is 0 Å². The summed E-state index contributed by atoms with van der Waals surface area (Å²) in [5.74, 6) is 1.14. The molecule has 0 N–H and O–H groups in total. The summed E-state index contributed by atoms with van der Waals surface area (Å²) in [7, 11) is 0. The minimum Gasteiger partial charge on any atom is -0.126 e. The van der Waals surface area contributed by atoms with Gasteiger partial charge >= 0.3 is 0 Å². The average Bonchev–Trinajstić information content (AvgIpc) is 2.18. The van der Waals surface area contributed by atoms with Crippen LogP contribution < -0.4 is 0 Å². The van der Waals surface area contributed by atoms with Crippen LogP contribution in [-0.4, -0.2) is 5.75 Å². The van der Waals surface area contributed by atoms with Crippen molar-refractivity contribution < 1.29 is 0 Å². The minimum absolute atomic E-state index is 0.206. The van der Waals surface area contributed by atoms with Crippen molar-refractivity contribution in [1.29, 1.82) is 0 Å². The summed E-state index contributed by atoms with van der Waals surface area (Å²) in [5.41, 5.74) is 1.59. The molecule has 0 aromatic carbocycles. The van der Waals surface area contributed by atoms with Crippen LogP contribution in [0.15, 0.2) is 34.8 Å². The van der Waals surface area contributed by atoms with E-state index >= 15 is 0 Å². The van der Waals surface area contributed by atoms with Crippen molar-refractivity contribution in [3.8, 4) is 0 Å². The van der Waals surface area contributed by atoms with Gasteiger partial charge in [0.15, 0.2) is 0 Å². The first kappa shape index (κ1) is 10.6. The molecule has 0 aromatic rings. The molecule has 0 saturated carbocycles. The molecule has 13 heavy (non-hydrogen) atoms. The first-order valence-electron chi connectivity index (χ1n) is 4.77. The van der Waals surface area contributed by atoms with Crippen molar-refractivity contribution >= 4 is 11.8 Å². The molecule has 0 fully saturated rings. The predicted molar refractivity (Wildman–Crippen MR) is 62.9 cm³/mol. The smallest absolute Gasteiger partial charge is 0.00981 e. The summed E-state index contributed by atoms with van der Waals surface area (Å²) in [6.45, 7) is 8.83. The zero-order valence-corrected chi connectivity index (χ0v) is 9.74. The Bertz CT molecular complexity index is 267. The average molecular weight is 194 g/mol. The van der Waals surface area contributed by atoms with E-state index < -0.39 is 0 Å². The molecule has 72 valence electrons. The van der Waals surface area contributed by atoms with Gasteiger partial charge in [-0.25, -0.2) is 0 Å². The lowest BCUT2D eigenvalue weighted by atomic mass is 9.93. The van der Waals surface area contributed by atoms with E-state index in [1.165, 1.54) is 10.5 Å². The quantitative estimate of drug-likeness (QED) is 0.636. The summed E-state index contributed by atoms with van der Waals surface area (Å²) in [5, 5.41) is 0. The number of rotatable bonds is 2. The van der Waals surface area contributed by atoms with Crippen LogP contribution in [0.3, 0.4) is 0 Å². The maximum absolute atomic E-state index is 2.28. The highest BCUT2D eigenvalue weighted by molar-refractivity contribution is 8.03. The van der Waals surface area contributed by atoms with Crippen LogP contribution in [0.4, 0.5) is 0 Å². The van der Waals surface area contributed by atoms with Gasteiger partial charge in [-0.2, -0.15) is 0 Å². The maximum atomic E-state index is 2.28. The van der Waals surface area contributed by atoms with Crippen molar-refractivity contribution in [2.45, 2.75) is 27.7 Å². The van der Waals surface area contributed by atoms with E-state index in [1.807, 2.05) is 11.8 Å². The third-order valence-electron chi connectivity index (χ3n) is 2.12. The minimum atomic E-state index is 0.206. The highest BCUT2D eigenvalue weighted by Gasteiger charge is 2.12. The van der Waals surface area contributed by atoms with E-state index in [1.54, 1.807) is 0 Å². The molecule has 0 unspecified atom stereocenters. The van der Waals surface area contributed by atoms with Gasteiger partial charge in [0.2, 0.25) is 0 Å². The van der Waals surface area contributed by atoms with Crippen LogP contribution >= 0.6 is 11.8 Å². The van der Waals surface area contributed by atoms with E-state index in [-0.39, 0.29) is 5.41 Å². The molecule has 0 saturated heterocycles. The molecule has 0 heterocycles. The predicted octanol–water partition coefficient (Wildman–Crippen LogP) is 4.17. The summed E-state index contributed by atoms with van der Waals surface area (Å²) in [6, 6.07) is 0. The third-order valence-corrected chi connectivity index (χ3v) is 3.17. The van der Waals surface area contributed by atoms with Gasteiger partial charge in [-0.1, -0.05) is 45.1 Å². The highest BCUT2D eigenvalue weighted by atomic mass is 32.2. The van der Waals surface area contributed by atoms with Gasteiger partial charge in [-0.05, 0) is 18.2 Å². The van der Waals surface area contributed by atoms with Crippen LogP contribution in [0.5, 0.6) is 0 Å². The van der Waals surface area contributed by atoms with Crippen molar-refractivity contribution in [3.05, 3.63) is 34.8 Å². The van der Waals surface area contributed by atoms with Gasteiger partial charge in [0.25, 0.3) is 0 Å². The molecular weight excluding hydrogens is 176 g/mol. The number of thioether (sulfide) groups is 1. The molecule has 0 atom stereocenters. The van der Waals surface area contributed by atoms with E-state index in [9.17, 15) is 0 Å². The second-order valence-corrected chi connectivity index (χ2v) is 5.27. The van der Waals surface area contributed by atoms with Crippen LogP contribution in [-0.2, 0) is 0 Å². The molecule has 0 bridgehead atoms. The van der Waals surface area contributed by atoms with Crippen LogP contribution in [0.25, 0.3) is 0 Å². The largest absolute Gasteiger partial charge is 0.126 e. The topological polar surface area (TPSA) is 0 Å². The monoisotopic (exact) mass is 194 g/mol. The molecule has 0 nitrogen and oxygen atoms in total. The van der Waals surface area contributed by atoms with Crippen molar-refractivity contribution in [2.75, 3.05) is 5.75 Å². The lowest BCUT2D eigenvalue weighted by Crippen LogP contribution is -2.00. The zero-order valence-electron chi connectivity index (χ0n) is 8.92. The third kappa shape index (κ3) is 3.07. The van der Waals surface area contributed by atoms with Crippen LogP contribution in [0.2, 0.25) is 0 Å². The van der Waals surface area contributed by atoms with Gasteiger partial charge in [0.1, 0.15) is 0 Å². The zero-order chi connectivity index (χ0) is 9.90. The molecule has 0 aliphatic heterocycles. The Balaban J connectivity index is 2.91. The van der Waals surface area contributed by atoms with E-state index in [2.05, 4.69) is 52.0 Å². The number of allylic oxidation sites excluding steroid dienone is 5. The summed E-state index contributed by atoms with van der Waals surface area (Å²) >= 11 is 1.92. The van der Waals surface area contributed by atoms with Gasteiger partial charge < -0.3 is 0 Å². The van der Waals surface area contributed by atoms with Crippen molar-refractivity contribution in [1.82, 2.24) is 0 Å². The number of hydrogen-bond acceptors (Lipinski definition) is 1. The fraction of sp³-hybridized carbons (Fsp3) is 0.500. The first-order chi connectivity index (χ1) is 6.05. The van der Waals surface area contributed by atoms with Gasteiger partial charge in [0.05, 0.1) is 0 Å². The Morgan fingerprint density at radius 3 is 2.46 bits per heavy atom. The van der Waals surface area contributed by atoms with Crippen molar-refractivity contribution in [2.24, 2.45) is 5.41 Å². The van der Waals surface area contributed by atoms with Gasteiger partial charge in [-0.3, -0.25) is 0 Å². The summed E-state index contributed by atoms with van der Waals surface area (Å²) in [4.78, 5) is 1.41. The molecule has 0 aromatic heterocycles. The standard InChI is InChI=1S/C12H18S/c1-5-13-11-7-9-12(3,4)8-6-10(11)2/h6-9H,5H2,1-4H3. The van der Waals surface area contributed by atoms with E-state index in [4.69, 9.17) is 0 Å². The lowest BCUT2D eigenvalue weighted by molar-refractivity contribution is 0.627. The normalized spacial score (nSPS) is 20.6.